The van der Waals surface area contributed by atoms with Crippen molar-refractivity contribution in [2.24, 2.45) is 4.99 Å². The molecule has 0 fully saturated rings. The van der Waals surface area contributed by atoms with Crippen LogP contribution in [0.4, 0.5) is 0 Å². The molecule has 1 aliphatic heterocycles. The number of halogens is 4. The lowest BCUT2D eigenvalue weighted by Crippen LogP contribution is -2.05. The molecule has 0 aliphatic carbocycles. The molecule has 4 rings (SSSR count). The van der Waals surface area contributed by atoms with Gasteiger partial charge in [-0.1, -0.05) is 28.1 Å². The second kappa shape index (κ2) is 10.5. The molecule has 0 saturated heterocycles. The van der Waals surface area contributed by atoms with Crippen LogP contribution in [0.1, 0.15) is 22.3 Å². The van der Waals surface area contributed by atoms with Gasteiger partial charge in [0.15, 0.2) is 5.70 Å². The molecule has 0 atom stereocenters. The molecule has 8 heteroatoms. The van der Waals surface area contributed by atoms with Crippen molar-refractivity contribution < 1.29 is 14.3 Å². The van der Waals surface area contributed by atoms with Crippen LogP contribution in [0.15, 0.2) is 69.8 Å². The van der Waals surface area contributed by atoms with Crippen LogP contribution >= 0.6 is 83.7 Å². The number of hydrogen-bond acceptors (Lipinski definition) is 4. The molecule has 0 aromatic heterocycles. The number of aliphatic imine (C=N–C) groups is 1. The van der Waals surface area contributed by atoms with Crippen molar-refractivity contribution in [1.82, 2.24) is 0 Å². The van der Waals surface area contributed by atoms with Crippen molar-refractivity contribution in [2.45, 2.75) is 13.5 Å². The molecule has 1 aliphatic rings. The van der Waals surface area contributed by atoms with E-state index in [4.69, 9.17) is 9.47 Å². The van der Waals surface area contributed by atoms with E-state index in [0.717, 1.165) is 43.2 Å². The largest absolute Gasteiger partial charge is 0.487 e. The molecule has 0 spiro atoms. The van der Waals surface area contributed by atoms with Gasteiger partial charge in [-0.15, -0.1) is 0 Å². The van der Waals surface area contributed by atoms with Gasteiger partial charge < -0.3 is 9.47 Å². The van der Waals surface area contributed by atoms with E-state index in [1.165, 1.54) is 0 Å². The zero-order valence-electron chi connectivity index (χ0n) is 16.7. The summed E-state index contributed by atoms with van der Waals surface area (Å²) in [5.74, 6) is 0.709. The van der Waals surface area contributed by atoms with Gasteiger partial charge in [-0.3, -0.25) is 0 Å². The van der Waals surface area contributed by atoms with E-state index in [9.17, 15) is 4.79 Å². The topological polar surface area (TPSA) is 47.9 Å². The third kappa shape index (κ3) is 5.73. The summed E-state index contributed by atoms with van der Waals surface area (Å²) < 4.78 is 15.6. The number of hydrogen-bond donors (Lipinski definition) is 0. The third-order valence-electron chi connectivity index (χ3n) is 4.65. The van der Waals surface area contributed by atoms with Crippen molar-refractivity contribution in [3.63, 3.8) is 0 Å². The molecule has 4 nitrogen and oxygen atoms in total. The van der Waals surface area contributed by atoms with Gasteiger partial charge in [0.1, 0.15) is 12.4 Å². The van der Waals surface area contributed by atoms with E-state index in [0.29, 0.717) is 12.5 Å². The van der Waals surface area contributed by atoms with Crippen LogP contribution in [-0.2, 0) is 16.1 Å². The first-order valence-corrected chi connectivity index (χ1v) is 13.5. The minimum absolute atomic E-state index is 0.284. The number of cyclic esters (lactones) is 1. The van der Waals surface area contributed by atoms with Gasteiger partial charge in [0, 0.05) is 13.6 Å². The summed E-state index contributed by atoms with van der Waals surface area (Å²) in [4.78, 5) is 16.8. The highest BCUT2D eigenvalue weighted by Crippen LogP contribution is 2.31. The molecule has 0 bridgehead atoms. The SMILES string of the molecule is Cc1cc(C2=N/C(=C\c3cc(I)c(OCc4ccc(Br)cc4)c(I)c3)C(=O)O2)ccc1I. The lowest BCUT2D eigenvalue weighted by Gasteiger charge is -2.11. The number of carbonyl (C=O) groups excluding carboxylic acids is 1. The van der Waals surface area contributed by atoms with Gasteiger partial charge in [-0.05, 0) is 140 Å². The van der Waals surface area contributed by atoms with E-state index in [1.54, 1.807) is 6.08 Å². The zero-order chi connectivity index (χ0) is 22.8. The van der Waals surface area contributed by atoms with E-state index in [2.05, 4.69) is 88.7 Å². The molecule has 0 radical (unpaired) electrons. The fourth-order valence-corrected chi connectivity index (χ4v) is 5.73. The number of carbonyl (C=O) groups is 1. The molecule has 0 saturated carbocycles. The molecular formula is C24H15BrI3NO3. The molecule has 162 valence electrons. The molecular weight excluding hydrogens is 811 g/mol. The molecule has 0 amide bonds. The van der Waals surface area contributed by atoms with Crippen molar-refractivity contribution >= 4 is 102 Å². The Labute approximate surface area is 235 Å². The van der Waals surface area contributed by atoms with Crippen LogP contribution in [0.2, 0.25) is 0 Å². The second-order valence-electron chi connectivity index (χ2n) is 7.03. The molecule has 1 heterocycles. The average Bonchev–Trinajstić information content (AvgIpc) is 3.11. The van der Waals surface area contributed by atoms with Crippen LogP contribution in [0.25, 0.3) is 6.08 Å². The van der Waals surface area contributed by atoms with Crippen LogP contribution in [-0.4, -0.2) is 11.9 Å². The Morgan fingerprint density at radius 1 is 1.00 bits per heavy atom. The van der Waals surface area contributed by atoms with Crippen LogP contribution in [0.5, 0.6) is 5.75 Å². The molecule has 0 N–H and O–H groups in total. The summed E-state index contributed by atoms with van der Waals surface area (Å²) in [6, 6.07) is 17.9. The number of benzene rings is 3. The van der Waals surface area contributed by atoms with Gasteiger partial charge in [-0.25, -0.2) is 9.79 Å². The minimum Gasteiger partial charge on any atom is -0.487 e. The number of aryl methyl sites for hydroxylation is 1. The molecule has 32 heavy (non-hydrogen) atoms. The Hall–Kier alpha value is -0.990. The second-order valence-corrected chi connectivity index (χ2v) is 11.4. The van der Waals surface area contributed by atoms with Crippen LogP contribution in [0.3, 0.4) is 0 Å². The number of ether oxygens (including phenoxy) is 2. The van der Waals surface area contributed by atoms with Crippen molar-refractivity contribution in [3.8, 4) is 5.75 Å². The molecule has 0 unspecified atom stereocenters. The van der Waals surface area contributed by atoms with E-state index in [-0.39, 0.29) is 5.70 Å². The summed E-state index contributed by atoms with van der Waals surface area (Å²) in [5, 5.41) is 0. The Kier molecular flexibility index (Phi) is 7.93. The normalized spacial score (nSPS) is 14.5. The summed E-state index contributed by atoms with van der Waals surface area (Å²) in [7, 11) is 0. The van der Waals surface area contributed by atoms with Gasteiger partial charge in [-0.2, -0.15) is 0 Å². The monoisotopic (exact) mass is 825 g/mol. The highest BCUT2D eigenvalue weighted by Gasteiger charge is 2.24. The maximum atomic E-state index is 12.4. The quantitative estimate of drug-likeness (QED) is 0.152. The zero-order valence-corrected chi connectivity index (χ0v) is 24.7. The predicted octanol–water partition coefficient (Wildman–Crippen LogP) is 7.49. The van der Waals surface area contributed by atoms with Gasteiger partial charge in [0.05, 0.1) is 7.14 Å². The first kappa shape index (κ1) is 24.1. The third-order valence-corrected chi connectivity index (χ3v) is 7.99. The molecule has 3 aromatic rings. The van der Waals surface area contributed by atoms with E-state index >= 15 is 0 Å². The van der Waals surface area contributed by atoms with Crippen molar-refractivity contribution in [2.75, 3.05) is 0 Å². The summed E-state index contributed by atoms with van der Waals surface area (Å²) >= 11 is 10.2. The highest BCUT2D eigenvalue weighted by atomic mass is 127. The summed E-state index contributed by atoms with van der Waals surface area (Å²) in [5.41, 5.74) is 4.15. The number of nitrogens with zero attached hydrogens (tertiary/aromatic N) is 1. The Balaban J connectivity index is 1.55. The first-order chi connectivity index (χ1) is 15.3. The Morgan fingerprint density at radius 2 is 1.69 bits per heavy atom. The van der Waals surface area contributed by atoms with Gasteiger partial charge in [0.2, 0.25) is 5.90 Å². The minimum atomic E-state index is -0.447. The maximum Gasteiger partial charge on any atom is 0.363 e. The lowest BCUT2D eigenvalue weighted by atomic mass is 10.1. The van der Waals surface area contributed by atoms with Crippen molar-refractivity contribution in [3.05, 3.63) is 97.7 Å². The smallest absolute Gasteiger partial charge is 0.363 e. The fourth-order valence-electron chi connectivity index (χ4n) is 3.01. The van der Waals surface area contributed by atoms with Gasteiger partial charge in [0.25, 0.3) is 0 Å². The Morgan fingerprint density at radius 3 is 2.34 bits per heavy atom. The highest BCUT2D eigenvalue weighted by molar-refractivity contribution is 14.1. The number of rotatable bonds is 5. The summed E-state index contributed by atoms with van der Waals surface area (Å²) in [6.45, 7) is 2.50. The standard InChI is InChI=1S/C24H15BrI3NO3/c1-13-8-16(4-7-18(13)26)23-29-21(24(30)32-23)11-15-9-19(27)22(20(28)10-15)31-12-14-2-5-17(25)6-3-14/h2-11H,12H2,1H3/b21-11-. The van der Waals surface area contributed by atoms with Crippen molar-refractivity contribution in [1.29, 1.82) is 0 Å². The fraction of sp³-hybridized carbons (Fsp3) is 0.0833. The average molecular weight is 826 g/mol. The van der Waals surface area contributed by atoms with Gasteiger partial charge >= 0.3 is 5.97 Å². The Bertz CT molecular complexity index is 1250. The number of esters is 1. The lowest BCUT2D eigenvalue weighted by molar-refractivity contribution is -0.129. The van der Waals surface area contributed by atoms with E-state index < -0.39 is 5.97 Å². The maximum absolute atomic E-state index is 12.4. The first-order valence-electron chi connectivity index (χ1n) is 9.45. The summed E-state index contributed by atoms with van der Waals surface area (Å²) in [6.07, 6.45) is 1.75. The molecule has 3 aromatic carbocycles. The van der Waals surface area contributed by atoms with E-state index in [1.807, 2.05) is 61.5 Å². The van der Waals surface area contributed by atoms with Crippen LogP contribution < -0.4 is 4.74 Å². The van der Waals surface area contributed by atoms with Crippen LogP contribution in [0, 0.1) is 17.6 Å². The predicted molar refractivity (Wildman–Crippen MR) is 155 cm³/mol.